The van der Waals surface area contributed by atoms with E-state index >= 15 is 0 Å². The second kappa shape index (κ2) is 3.67. The maximum atomic E-state index is 5.60. The van der Waals surface area contributed by atoms with Crippen LogP contribution >= 0.6 is 0 Å². The number of anilines is 1. The number of nitrogens with one attached hydrogen (secondary N) is 1. The van der Waals surface area contributed by atoms with Gasteiger partial charge in [-0.25, -0.2) is 0 Å². The van der Waals surface area contributed by atoms with Crippen LogP contribution in [0.1, 0.15) is 26.3 Å². The molecule has 1 heterocycles. The van der Waals surface area contributed by atoms with Gasteiger partial charge < -0.3 is 5.73 Å². The largest absolute Gasteiger partial charge is 0.382 e. The molecule has 2 rings (SSSR count). The first-order valence-electron chi connectivity index (χ1n) is 5.38. The van der Waals surface area contributed by atoms with Crippen molar-refractivity contribution in [3.63, 3.8) is 0 Å². The number of H-pyrrole nitrogens is 1. The van der Waals surface area contributed by atoms with E-state index in [0.29, 0.717) is 5.82 Å². The van der Waals surface area contributed by atoms with Gasteiger partial charge in [-0.05, 0) is 22.6 Å². The van der Waals surface area contributed by atoms with Gasteiger partial charge in [0.15, 0.2) is 0 Å². The molecule has 3 heteroatoms. The molecular weight excluding hydrogens is 198 g/mol. The molecule has 0 saturated carbocycles. The molecule has 16 heavy (non-hydrogen) atoms. The molecule has 0 amide bonds. The molecule has 1 aromatic carbocycles. The molecule has 0 radical (unpaired) electrons. The summed E-state index contributed by atoms with van der Waals surface area (Å²) in [6, 6.07) is 10.3. The van der Waals surface area contributed by atoms with Crippen molar-refractivity contribution in [2.75, 3.05) is 5.73 Å². The van der Waals surface area contributed by atoms with Crippen molar-refractivity contribution in [2.24, 2.45) is 0 Å². The monoisotopic (exact) mass is 215 g/mol. The van der Waals surface area contributed by atoms with Crippen LogP contribution in [0.2, 0.25) is 0 Å². The van der Waals surface area contributed by atoms with Crippen molar-refractivity contribution < 1.29 is 0 Å². The molecular formula is C13H17N3. The zero-order valence-electron chi connectivity index (χ0n) is 9.91. The Morgan fingerprint density at radius 1 is 1.19 bits per heavy atom. The van der Waals surface area contributed by atoms with Crippen molar-refractivity contribution in [3.05, 3.63) is 35.9 Å². The number of nitrogens with two attached hydrogens (primary N) is 1. The van der Waals surface area contributed by atoms with Gasteiger partial charge in [-0.3, -0.25) is 5.10 Å². The van der Waals surface area contributed by atoms with Gasteiger partial charge in [-0.2, -0.15) is 5.10 Å². The number of rotatable bonds is 1. The van der Waals surface area contributed by atoms with E-state index in [2.05, 4.69) is 55.2 Å². The molecule has 0 bridgehead atoms. The molecule has 0 aliphatic heterocycles. The summed E-state index contributed by atoms with van der Waals surface area (Å²) in [5.41, 5.74) is 9.14. The smallest absolute Gasteiger partial charge is 0.145 e. The Morgan fingerprint density at radius 2 is 1.94 bits per heavy atom. The maximum absolute atomic E-state index is 5.60. The average molecular weight is 215 g/mol. The van der Waals surface area contributed by atoms with Crippen LogP contribution in [-0.2, 0) is 5.41 Å². The summed E-state index contributed by atoms with van der Waals surface area (Å²) >= 11 is 0. The molecule has 0 unspecified atom stereocenters. The van der Waals surface area contributed by atoms with E-state index in [1.54, 1.807) is 0 Å². The van der Waals surface area contributed by atoms with Crippen molar-refractivity contribution in [1.82, 2.24) is 10.2 Å². The van der Waals surface area contributed by atoms with Crippen LogP contribution in [0.15, 0.2) is 30.3 Å². The number of nitrogen functional groups attached to an aromatic ring is 1. The minimum atomic E-state index is 0.154. The SMILES string of the molecule is CC(C)(C)c1cccc(-c2cc(N)n[nH]2)c1. The fraction of sp³-hybridized carbons (Fsp3) is 0.308. The van der Waals surface area contributed by atoms with E-state index in [1.807, 2.05) is 6.07 Å². The van der Waals surface area contributed by atoms with Crippen molar-refractivity contribution in [3.8, 4) is 11.3 Å². The minimum Gasteiger partial charge on any atom is -0.382 e. The third-order valence-corrected chi connectivity index (χ3v) is 2.64. The van der Waals surface area contributed by atoms with Crippen LogP contribution in [0.5, 0.6) is 0 Å². The predicted molar refractivity (Wildman–Crippen MR) is 67.1 cm³/mol. The van der Waals surface area contributed by atoms with Gasteiger partial charge in [0.2, 0.25) is 0 Å². The van der Waals surface area contributed by atoms with Gasteiger partial charge in [-0.15, -0.1) is 0 Å². The summed E-state index contributed by atoms with van der Waals surface area (Å²) in [6.45, 7) is 6.61. The third kappa shape index (κ3) is 2.08. The zero-order chi connectivity index (χ0) is 11.8. The van der Waals surface area contributed by atoms with Gasteiger partial charge in [0, 0.05) is 6.07 Å². The Kier molecular flexibility index (Phi) is 2.46. The Hall–Kier alpha value is -1.77. The first-order chi connectivity index (χ1) is 7.47. The minimum absolute atomic E-state index is 0.154. The van der Waals surface area contributed by atoms with E-state index in [-0.39, 0.29) is 5.41 Å². The highest BCUT2D eigenvalue weighted by Gasteiger charge is 2.14. The number of aromatic amines is 1. The Bertz CT molecular complexity index is 492. The normalized spacial score (nSPS) is 11.7. The van der Waals surface area contributed by atoms with Gasteiger partial charge in [0.25, 0.3) is 0 Å². The average Bonchev–Trinajstić information content (AvgIpc) is 2.64. The molecule has 84 valence electrons. The van der Waals surface area contributed by atoms with Crippen LogP contribution in [0, 0.1) is 0 Å². The van der Waals surface area contributed by atoms with Crippen LogP contribution in [0.25, 0.3) is 11.3 Å². The highest BCUT2D eigenvalue weighted by Crippen LogP contribution is 2.27. The first kappa shape index (κ1) is 10.7. The molecule has 2 aromatic rings. The fourth-order valence-electron chi connectivity index (χ4n) is 1.64. The number of aromatic nitrogens is 2. The molecule has 0 aliphatic carbocycles. The Labute approximate surface area is 95.7 Å². The van der Waals surface area contributed by atoms with E-state index in [1.165, 1.54) is 5.56 Å². The topological polar surface area (TPSA) is 54.7 Å². The second-order valence-corrected chi connectivity index (χ2v) is 5.04. The molecule has 0 saturated heterocycles. The van der Waals surface area contributed by atoms with E-state index < -0.39 is 0 Å². The standard InChI is InChI=1S/C13H17N3/c1-13(2,3)10-6-4-5-9(7-10)11-8-12(14)16-15-11/h4-8H,1-3H3,(H3,14,15,16). The molecule has 0 aliphatic rings. The molecule has 3 nitrogen and oxygen atoms in total. The summed E-state index contributed by atoms with van der Waals surface area (Å²) in [5.74, 6) is 0.524. The summed E-state index contributed by atoms with van der Waals surface area (Å²) in [5, 5.41) is 6.86. The Morgan fingerprint density at radius 3 is 2.50 bits per heavy atom. The highest BCUT2D eigenvalue weighted by molar-refractivity contribution is 5.63. The summed E-state index contributed by atoms with van der Waals surface area (Å²) < 4.78 is 0. The van der Waals surface area contributed by atoms with E-state index in [0.717, 1.165) is 11.3 Å². The molecule has 3 N–H and O–H groups in total. The quantitative estimate of drug-likeness (QED) is 0.768. The fourth-order valence-corrected chi connectivity index (χ4v) is 1.64. The zero-order valence-corrected chi connectivity index (χ0v) is 9.91. The summed E-state index contributed by atoms with van der Waals surface area (Å²) in [7, 11) is 0. The molecule has 1 aromatic heterocycles. The first-order valence-corrected chi connectivity index (χ1v) is 5.38. The van der Waals surface area contributed by atoms with Gasteiger partial charge in [0.1, 0.15) is 5.82 Å². The molecule has 0 fully saturated rings. The lowest BCUT2D eigenvalue weighted by molar-refractivity contribution is 0.590. The van der Waals surface area contributed by atoms with Gasteiger partial charge in [0.05, 0.1) is 5.69 Å². The maximum Gasteiger partial charge on any atom is 0.145 e. The number of hydrogen-bond donors (Lipinski definition) is 2. The number of nitrogens with zero attached hydrogens (tertiary/aromatic N) is 1. The number of benzene rings is 1. The lowest BCUT2D eigenvalue weighted by Crippen LogP contribution is -2.10. The van der Waals surface area contributed by atoms with Crippen molar-refractivity contribution in [2.45, 2.75) is 26.2 Å². The highest BCUT2D eigenvalue weighted by atomic mass is 15.2. The van der Waals surface area contributed by atoms with E-state index in [9.17, 15) is 0 Å². The van der Waals surface area contributed by atoms with Crippen LogP contribution < -0.4 is 5.73 Å². The second-order valence-electron chi connectivity index (χ2n) is 5.04. The Balaban J connectivity index is 2.44. The lowest BCUT2D eigenvalue weighted by atomic mass is 9.86. The lowest BCUT2D eigenvalue weighted by Gasteiger charge is -2.19. The van der Waals surface area contributed by atoms with Crippen LogP contribution in [0.3, 0.4) is 0 Å². The summed E-state index contributed by atoms with van der Waals surface area (Å²) in [4.78, 5) is 0. The third-order valence-electron chi connectivity index (χ3n) is 2.64. The van der Waals surface area contributed by atoms with E-state index in [4.69, 9.17) is 5.73 Å². The van der Waals surface area contributed by atoms with Gasteiger partial charge in [-0.1, -0.05) is 39.0 Å². The van der Waals surface area contributed by atoms with Crippen LogP contribution in [-0.4, -0.2) is 10.2 Å². The van der Waals surface area contributed by atoms with Gasteiger partial charge >= 0.3 is 0 Å². The summed E-state index contributed by atoms with van der Waals surface area (Å²) in [6.07, 6.45) is 0. The van der Waals surface area contributed by atoms with Crippen LogP contribution in [0.4, 0.5) is 5.82 Å². The van der Waals surface area contributed by atoms with Crippen molar-refractivity contribution in [1.29, 1.82) is 0 Å². The van der Waals surface area contributed by atoms with Crippen molar-refractivity contribution >= 4 is 5.82 Å². The molecule has 0 spiro atoms. The molecule has 0 atom stereocenters. The predicted octanol–water partition coefficient (Wildman–Crippen LogP) is 2.96. The number of hydrogen-bond acceptors (Lipinski definition) is 2.